The number of rotatable bonds is 19. The van der Waals surface area contributed by atoms with Crippen molar-refractivity contribution in [2.45, 2.75) is 102 Å². The van der Waals surface area contributed by atoms with Gasteiger partial charge in [-0.1, -0.05) is 47.6 Å². The number of aliphatic hydroxyl groups is 1. The Morgan fingerprint density at radius 3 is 1.83 bits per heavy atom. The number of aliphatic hydroxyl groups excluding tert-OH is 1. The third kappa shape index (κ3) is 12.2. The van der Waals surface area contributed by atoms with Crippen molar-refractivity contribution >= 4 is 35.7 Å². The molecule has 65 heavy (non-hydrogen) atoms. The number of imide groups is 1. The van der Waals surface area contributed by atoms with E-state index in [2.05, 4.69) is 10.0 Å². The van der Waals surface area contributed by atoms with Crippen molar-refractivity contribution in [3.05, 3.63) is 106 Å². The van der Waals surface area contributed by atoms with Crippen molar-refractivity contribution in [1.82, 2.24) is 4.90 Å². The predicted molar refractivity (Wildman–Crippen MR) is 219 cm³/mol. The van der Waals surface area contributed by atoms with Gasteiger partial charge < -0.3 is 52.5 Å². The molecule has 6 rings (SSSR count). The van der Waals surface area contributed by atoms with Gasteiger partial charge in [0.25, 0.3) is 11.8 Å². The zero-order valence-corrected chi connectivity index (χ0v) is 35.8. The van der Waals surface area contributed by atoms with E-state index in [0.29, 0.717) is 17.1 Å². The van der Waals surface area contributed by atoms with Crippen molar-refractivity contribution < 1.29 is 81.2 Å². The highest BCUT2D eigenvalue weighted by molar-refractivity contribution is 6.21. The first-order valence-electron chi connectivity index (χ1n) is 20.5. The Hall–Kier alpha value is -6.45. The van der Waals surface area contributed by atoms with Crippen LogP contribution in [0.25, 0.3) is 10.4 Å². The number of benzene rings is 3. The zero-order valence-electron chi connectivity index (χ0n) is 35.8. The summed E-state index contributed by atoms with van der Waals surface area (Å²) in [5, 5.41) is 15.9. The lowest BCUT2D eigenvalue weighted by Crippen LogP contribution is -2.69. The molecule has 2 saturated heterocycles. The first kappa shape index (κ1) is 48.0. The Morgan fingerprint density at radius 1 is 0.692 bits per heavy atom. The maximum Gasteiger partial charge on any atom is 0.303 e. The Kier molecular flexibility index (Phi) is 16.6. The van der Waals surface area contributed by atoms with Crippen molar-refractivity contribution in [2.75, 3.05) is 26.4 Å². The van der Waals surface area contributed by atoms with Gasteiger partial charge in [0.1, 0.15) is 61.3 Å². The monoisotopic (exact) mass is 904 g/mol. The van der Waals surface area contributed by atoms with Crippen LogP contribution in [0.4, 0.5) is 0 Å². The molecule has 3 aromatic carbocycles. The number of hydrogen-bond donors (Lipinski definition) is 1. The molecule has 0 bridgehead atoms. The second-order valence-corrected chi connectivity index (χ2v) is 15.0. The van der Waals surface area contributed by atoms with Crippen LogP contribution >= 0.6 is 0 Å². The second-order valence-electron chi connectivity index (χ2n) is 15.0. The van der Waals surface area contributed by atoms with E-state index in [1.54, 1.807) is 48.5 Å². The van der Waals surface area contributed by atoms with Gasteiger partial charge in [-0.15, -0.1) is 0 Å². The number of carbonyl (C=O) groups is 6. The third-order valence-electron chi connectivity index (χ3n) is 10.2. The van der Waals surface area contributed by atoms with Crippen LogP contribution in [-0.4, -0.2) is 133 Å². The second kappa shape index (κ2) is 22.4. The van der Waals surface area contributed by atoms with Gasteiger partial charge in [0, 0.05) is 45.8 Å². The van der Waals surface area contributed by atoms with E-state index < -0.39 is 110 Å². The van der Waals surface area contributed by atoms with Gasteiger partial charge >= 0.3 is 23.9 Å². The van der Waals surface area contributed by atoms with Crippen molar-refractivity contribution in [3.8, 4) is 11.5 Å². The maximum atomic E-state index is 13.9. The average Bonchev–Trinajstić information content (AvgIpc) is 3.52. The van der Waals surface area contributed by atoms with Crippen LogP contribution < -0.4 is 4.74 Å². The smallest absolute Gasteiger partial charge is 0.303 e. The van der Waals surface area contributed by atoms with Crippen LogP contribution in [0, 0.1) is 0 Å². The Bertz CT molecular complexity index is 2190. The molecular formula is C44H48N4O17. The van der Waals surface area contributed by atoms with Crippen molar-refractivity contribution in [3.63, 3.8) is 0 Å². The third-order valence-corrected chi connectivity index (χ3v) is 10.2. The Morgan fingerprint density at radius 2 is 1.25 bits per heavy atom. The molecule has 0 radical (unpaired) electrons. The molecular weight excluding hydrogens is 856 g/mol. The molecule has 0 unspecified atom stereocenters. The minimum atomic E-state index is -1.91. The van der Waals surface area contributed by atoms with Crippen LogP contribution in [0.3, 0.4) is 0 Å². The number of carbonyl (C=O) groups excluding carboxylic acids is 6. The number of ether oxygens (including phenoxy) is 10. The molecule has 2 amide bonds. The lowest BCUT2D eigenvalue weighted by atomic mass is 9.94. The molecule has 0 aromatic heterocycles. The molecule has 2 fully saturated rings. The van der Waals surface area contributed by atoms with Crippen LogP contribution in [0.15, 0.2) is 84.0 Å². The zero-order chi connectivity index (χ0) is 46.6. The molecule has 0 saturated carbocycles. The number of azide groups is 1. The van der Waals surface area contributed by atoms with E-state index in [9.17, 15) is 33.9 Å². The first-order valence-corrected chi connectivity index (χ1v) is 20.5. The van der Waals surface area contributed by atoms with Crippen LogP contribution in [0.1, 0.15) is 60.4 Å². The molecule has 0 spiro atoms. The topological polar surface area (TPSA) is 267 Å². The fourth-order valence-corrected chi connectivity index (χ4v) is 7.47. The molecule has 3 aliphatic rings. The van der Waals surface area contributed by atoms with Gasteiger partial charge in [0.15, 0.2) is 24.8 Å². The molecule has 21 heteroatoms. The molecule has 346 valence electrons. The maximum absolute atomic E-state index is 13.9. The number of para-hydroxylation sites is 1. The number of esters is 4. The van der Waals surface area contributed by atoms with E-state index in [-0.39, 0.29) is 37.3 Å². The number of hydrogen-bond acceptors (Lipinski definition) is 18. The van der Waals surface area contributed by atoms with Crippen LogP contribution in [-0.2, 0) is 68.4 Å². The van der Waals surface area contributed by atoms with Gasteiger partial charge in [0.05, 0.1) is 17.7 Å². The summed E-state index contributed by atoms with van der Waals surface area (Å²) in [5.74, 6) is -3.58. The number of amides is 2. The Labute approximate surface area is 372 Å². The van der Waals surface area contributed by atoms with Gasteiger partial charge in [-0.3, -0.25) is 33.7 Å². The van der Waals surface area contributed by atoms with E-state index in [1.807, 2.05) is 18.2 Å². The molecule has 10 atom stereocenters. The van der Waals surface area contributed by atoms with Crippen LogP contribution in [0.5, 0.6) is 11.5 Å². The largest absolute Gasteiger partial charge is 0.463 e. The SMILES string of the molecule is CC(=O)OC[C@H]1O[C@@H](O[C@H]2[C@H](O)[C@@H](N3C(=O)c4ccccc4C3=O)[C@H](OCCCN=[N+]=[N-])O[C@@H]2COC(C)=O)[C@H](OC(C)=O)[C@@H](OCc2ccc(Oc3ccccc3)cc2)[C@H]1OC(C)=O. The highest BCUT2D eigenvalue weighted by Crippen LogP contribution is 2.37. The highest BCUT2D eigenvalue weighted by Gasteiger charge is 2.58. The summed E-state index contributed by atoms with van der Waals surface area (Å²) in [7, 11) is 0. The molecule has 3 aliphatic heterocycles. The van der Waals surface area contributed by atoms with Gasteiger partial charge in [-0.05, 0) is 53.9 Å². The quantitative estimate of drug-likeness (QED) is 0.0340. The lowest BCUT2D eigenvalue weighted by Gasteiger charge is -2.49. The Balaban J connectivity index is 1.36. The van der Waals surface area contributed by atoms with Crippen LogP contribution in [0.2, 0.25) is 0 Å². The van der Waals surface area contributed by atoms with E-state index in [1.165, 1.54) is 12.1 Å². The van der Waals surface area contributed by atoms with Gasteiger partial charge in [-0.25, -0.2) is 0 Å². The standard InChI is InChI=1S/C44H48N4O17/c1-24(49)57-22-33-37(36(53)35(43(63-33)56-20-10-19-46-47-45)48-41(54)31-13-8-9-14-32(31)42(48)55)65-44-40(61-27(4)52)39(38(60-26(3)51)34(64-44)23-58-25(2)50)59-21-28-15-17-30(18-16-28)62-29-11-6-5-7-12-29/h5-9,11-18,33-40,43-44,53H,10,19-23H2,1-4H3/t33-,34-,35-,36-,37-,38+,39+,40-,43-,44+/m1/s1. The molecule has 1 N–H and O–H groups in total. The van der Waals surface area contributed by atoms with Crippen molar-refractivity contribution in [1.29, 1.82) is 0 Å². The summed E-state index contributed by atoms with van der Waals surface area (Å²) in [6, 6.07) is 20.3. The van der Waals surface area contributed by atoms with Gasteiger partial charge in [0.2, 0.25) is 0 Å². The normalized spacial score (nSPS) is 26.0. The fourth-order valence-electron chi connectivity index (χ4n) is 7.47. The molecule has 21 nitrogen and oxygen atoms in total. The molecule has 3 aromatic rings. The number of nitrogens with zero attached hydrogens (tertiary/aromatic N) is 4. The summed E-state index contributed by atoms with van der Waals surface area (Å²) < 4.78 is 59.4. The summed E-state index contributed by atoms with van der Waals surface area (Å²) in [6.07, 6.45) is -14.0. The predicted octanol–water partition coefficient (Wildman–Crippen LogP) is 3.93. The summed E-state index contributed by atoms with van der Waals surface area (Å²) in [4.78, 5) is 81.1. The highest BCUT2D eigenvalue weighted by atomic mass is 16.8. The lowest BCUT2D eigenvalue weighted by molar-refractivity contribution is -0.355. The minimum absolute atomic E-state index is 0.0166. The molecule has 0 aliphatic carbocycles. The minimum Gasteiger partial charge on any atom is -0.463 e. The number of fused-ring (bicyclic) bond motifs is 1. The first-order chi connectivity index (χ1) is 31.2. The fraction of sp³-hybridized carbons (Fsp3) is 0.455. The summed E-state index contributed by atoms with van der Waals surface area (Å²) in [6.45, 7) is 3.08. The van der Waals surface area contributed by atoms with E-state index in [0.717, 1.165) is 32.6 Å². The molecule has 3 heterocycles. The van der Waals surface area contributed by atoms with Crippen molar-refractivity contribution in [2.24, 2.45) is 5.11 Å². The summed E-state index contributed by atoms with van der Waals surface area (Å²) in [5.41, 5.74) is 9.43. The van der Waals surface area contributed by atoms with E-state index >= 15 is 0 Å². The summed E-state index contributed by atoms with van der Waals surface area (Å²) >= 11 is 0. The van der Waals surface area contributed by atoms with Gasteiger partial charge in [-0.2, -0.15) is 0 Å². The average molecular weight is 905 g/mol. The van der Waals surface area contributed by atoms with E-state index in [4.69, 9.17) is 52.9 Å².